The second kappa shape index (κ2) is 11.3. The fourth-order valence-electron chi connectivity index (χ4n) is 5.17. The molecule has 172 valence electrons. The van der Waals surface area contributed by atoms with Crippen LogP contribution in [0, 0.1) is 0 Å². The lowest BCUT2D eigenvalue weighted by molar-refractivity contribution is -0.0502. The van der Waals surface area contributed by atoms with E-state index in [2.05, 4.69) is 57.3 Å². The van der Waals surface area contributed by atoms with Crippen molar-refractivity contribution in [2.24, 2.45) is 4.99 Å². The molecule has 0 saturated carbocycles. The van der Waals surface area contributed by atoms with Crippen LogP contribution in [0.2, 0.25) is 0 Å². The van der Waals surface area contributed by atoms with Crippen LogP contribution in [0.15, 0.2) is 35.3 Å². The predicted molar refractivity (Wildman–Crippen MR) is 124 cm³/mol. The normalized spacial score (nSPS) is 27.6. The van der Waals surface area contributed by atoms with Crippen molar-refractivity contribution < 1.29 is 9.47 Å². The van der Waals surface area contributed by atoms with Crippen molar-refractivity contribution in [1.29, 1.82) is 0 Å². The molecular formula is C24H39N5O2. The molecule has 3 saturated heterocycles. The number of benzene rings is 1. The van der Waals surface area contributed by atoms with Gasteiger partial charge in [0.25, 0.3) is 0 Å². The van der Waals surface area contributed by atoms with Crippen molar-refractivity contribution in [3.05, 3.63) is 35.9 Å². The summed E-state index contributed by atoms with van der Waals surface area (Å²) in [6.45, 7) is 11.5. The van der Waals surface area contributed by atoms with E-state index in [0.29, 0.717) is 12.1 Å². The zero-order valence-electron chi connectivity index (χ0n) is 19.2. The zero-order valence-corrected chi connectivity index (χ0v) is 19.2. The molecular weight excluding hydrogens is 390 g/mol. The molecule has 1 aromatic carbocycles. The Bertz CT molecular complexity index is 700. The van der Waals surface area contributed by atoms with Gasteiger partial charge in [0.05, 0.1) is 31.9 Å². The van der Waals surface area contributed by atoms with Crippen molar-refractivity contribution in [3.8, 4) is 0 Å². The van der Waals surface area contributed by atoms with Crippen LogP contribution in [0.3, 0.4) is 0 Å². The number of hydrogen-bond donors (Lipinski definition) is 1. The molecule has 3 atom stereocenters. The van der Waals surface area contributed by atoms with Crippen LogP contribution in [0.4, 0.5) is 0 Å². The SMILES string of the molecule is CCNC(=NCC1CCCN1CCOC)N1CC2OCCN(Cc3ccccc3)C2C1. The highest BCUT2D eigenvalue weighted by atomic mass is 16.5. The number of nitrogens with zero attached hydrogens (tertiary/aromatic N) is 4. The van der Waals surface area contributed by atoms with Gasteiger partial charge in [-0.1, -0.05) is 30.3 Å². The molecule has 31 heavy (non-hydrogen) atoms. The molecule has 0 amide bonds. The second-order valence-corrected chi connectivity index (χ2v) is 8.86. The molecule has 7 heteroatoms. The number of ether oxygens (including phenoxy) is 2. The van der Waals surface area contributed by atoms with Crippen molar-refractivity contribution in [2.75, 3.05) is 66.1 Å². The fourth-order valence-corrected chi connectivity index (χ4v) is 5.17. The molecule has 3 unspecified atom stereocenters. The van der Waals surface area contributed by atoms with E-state index in [-0.39, 0.29) is 6.10 Å². The average Bonchev–Trinajstić information content (AvgIpc) is 3.43. The van der Waals surface area contributed by atoms with Crippen LogP contribution in [-0.2, 0) is 16.0 Å². The minimum absolute atomic E-state index is 0.256. The van der Waals surface area contributed by atoms with Gasteiger partial charge in [-0.05, 0) is 31.9 Å². The van der Waals surface area contributed by atoms with E-state index < -0.39 is 0 Å². The topological polar surface area (TPSA) is 52.6 Å². The van der Waals surface area contributed by atoms with E-state index in [1.165, 1.54) is 18.4 Å². The van der Waals surface area contributed by atoms with Gasteiger partial charge in [-0.2, -0.15) is 0 Å². The molecule has 3 fully saturated rings. The van der Waals surface area contributed by atoms with Gasteiger partial charge in [0.15, 0.2) is 5.96 Å². The zero-order chi connectivity index (χ0) is 21.5. The number of fused-ring (bicyclic) bond motifs is 1. The van der Waals surface area contributed by atoms with E-state index in [4.69, 9.17) is 14.5 Å². The lowest BCUT2D eigenvalue weighted by Crippen LogP contribution is -2.50. The number of rotatable bonds is 8. The van der Waals surface area contributed by atoms with Gasteiger partial charge >= 0.3 is 0 Å². The number of guanidine groups is 1. The fraction of sp³-hybridized carbons (Fsp3) is 0.708. The first kappa shape index (κ1) is 22.5. The molecule has 1 aromatic rings. The summed E-state index contributed by atoms with van der Waals surface area (Å²) in [4.78, 5) is 12.6. The Balaban J connectivity index is 1.39. The molecule has 0 aliphatic carbocycles. The smallest absolute Gasteiger partial charge is 0.194 e. The highest BCUT2D eigenvalue weighted by molar-refractivity contribution is 5.80. The Morgan fingerprint density at radius 2 is 2.06 bits per heavy atom. The summed E-state index contributed by atoms with van der Waals surface area (Å²) in [5.74, 6) is 1.04. The largest absolute Gasteiger partial charge is 0.383 e. The molecule has 0 spiro atoms. The number of methoxy groups -OCH3 is 1. The average molecular weight is 430 g/mol. The van der Waals surface area contributed by atoms with Crippen LogP contribution < -0.4 is 5.32 Å². The summed E-state index contributed by atoms with van der Waals surface area (Å²) < 4.78 is 11.5. The number of hydrogen-bond acceptors (Lipinski definition) is 5. The summed E-state index contributed by atoms with van der Waals surface area (Å²) in [6.07, 6.45) is 2.74. The molecule has 3 heterocycles. The first-order valence-electron chi connectivity index (χ1n) is 11.9. The molecule has 4 rings (SSSR count). The van der Waals surface area contributed by atoms with Gasteiger partial charge in [0.1, 0.15) is 0 Å². The number of likely N-dealkylation sites (tertiary alicyclic amines) is 2. The number of aliphatic imine (C=N–C) groups is 1. The first-order chi connectivity index (χ1) is 15.3. The van der Waals surface area contributed by atoms with E-state index in [0.717, 1.165) is 71.5 Å². The van der Waals surface area contributed by atoms with Crippen LogP contribution in [0.25, 0.3) is 0 Å². The Morgan fingerprint density at radius 1 is 1.19 bits per heavy atom. The highest BCUT2D eigenvalue weighted by Crippen LogP contribution is 2.25. The molecule has 3 aliphatic rings. The standard InChI is InChI=1S/C24H39N5O2/c1-3-25-24(26-16-21-10-7-11-27(21)12-14-30-2)29-18-22-23(19-29)31-15-13-28(22)17-20-8-5-4-6-9-20/h4-6,8-9,21-23H,3,7,10-19H2,1-2H3,(H,25,26). The third-order valence-electron chi connectivity index (χ3n) is 6.81. The van der Waals surface area contributed by atoms with E-state index in [9.17, 15) is 0 Å². The lowest BCUT2D eigenvalue weighted by atomic mass is 10.1. The van der Waals surface area contributed by atoms with Crippen molar-refractivity contribution in [3.63, 3.8) is 0 Å². The minimum Gasteiger partial charge on any atom is -0.383 e. The number of nitrogens with one attached hydrogen (secondary N) is 1. The Labute approximate surface area is 187 Å². The Hall–Kier alpha value is -1.67. The molecule has 0 aromatic heterocycles. The highest BCUT2D eigenvalue weighted by Gasteiger charge is 2.41. The second-order valence-electron chi connectivity index (χ2n) is 8.86. The minimum atomic E-state index is 0.256. The van der Waals surface area contributed by atoms with Gasteiger partial charge in [0.2, 0.25) is 0 Å². The summed E-state index contributed by atoms with van der Waals surface area (Å²) in [6, 6.07) is 11.7. The molecule has 0 bridgehead atoms. The summed E-state index contributed by atoms with van der Waals surface area (Å²) >= 11 is 0. The van der Waals surface area contributed by atoms with Crippen LogP contribution in [0.1, 0.15) is 25.3 Å². The summed E-state index contributed by atoms with van der Waals surface area (Å²) in [5.41, 5.74) is 1.37. The maximum absolute atomic E-state index is 6.18. The third kappa shape index (κ3) is 5.77. The van der Waals surface area contributed by atoms with Gasteiger partial charge in [-0.3, -0.25) is 14.8 Å². The molecule has 1 N–H and O–H groups in total. The van der Waals surface area contributed by atoms with Gasteiger partial charge < -0.3 is 19.7 Å². The van der Waals surface area contributed by atoms with Crippen LogP contribution >= 0.6 is 0 Å². The Morgan fingerprint density at radius 3 is 2.87 bits per heavy atom. The maximum atomic E-state index is 6.18. The van der Waals surface area contributed by atoms with E-state index in [1.54, 1.807) is 7.11 Å². The predicted octanol–water partition coefficient (Wildman–Crippen LogP) is 1.65. The van der Waals surface area contributed by atoms with Crippen LogP contribution in [0.5, 0.6) is 0 Å². The van der Waals surface area contributed by atoms with Crippen LogP contribution in [-0.4, -0.2) is 105 Å². The molecule has 0 radical (unpaired) electrons. The number of morpholine rings is 1. The maximum Gasteiger partial charge on any atom is 0.194 e. The monoisotopic (exact) mass is 429 g/mol. The lowest BCUT2D eigenvalue weighted by Gasteiger charge is -2.36. The van der Waals surface area contributed by atoms with Crippen molar-refractivity contribution >= 4 is 5.96 Å². The van der Waals surface area contributed by atoms with E-state index >= 15 is 0 Å². The quantitative estimate of drug-likeness (QED) is 0.501. The summed E-state index contributed by atoms with van der Waals surface area (Å²) in [7, 11) is 1.78. The Kier molecular flexibility index (Phi) is 8.19. The molecule has 3 aliphatic heterocycles. The van der Waals surface area contributed by atoms with Crippen molar-refractivity contribution in [1.82, 2.24) is 20.0 Å². The molecule has 7 nitrogen and oxygen atoms in total. The van der Waals surface area contributed by atoms with Gasteiger partial charge in [-0.25, -0.2) is 0 Å². The first-order valence-corrected chi connectivity index (χ1v) is 11.9. The van der Waals surface area contributed by atoms with Gasteiger partial charge in [0, 0.05) is 52.4 Å². The van der Waals surface area contributed by atoms with Crippen molar-refractivity contribution in [2.45, 2.75) is 44.5 Å². The third-order valence-corrected chi connectivity index (χ3v) is 6.81. The summed E-state index contributed by atoms with van der Waals surface area (Å²) in [5, 5.41) is 3.54. The van der Waals surface area contributed by atoms with Gasteiger partial charge in [-0.15, -0.1) is 0 Å². The van der Waals surface area contributed by atoms with E-state index in [1.807, 2.05) is 0 Å².